The number of hydrogen-bond donors (Lipinski definition) is 1. The van der Waals surface area contributed by atoms with Crippen LogP contribution < -0.4 is 10.1 Å². The fraction of sp³-hybridized carbons (Fsp3) is 0.250. The smallest absolute Gasteiger partial charge is 0.277 e. The second-order valence-electron chi connectivity index (χ2n) is 3.71. The molecule has 0 aliphatic rings. The first-order valence-corrected chi connectivity index (χ1v) is 5.52. The molecule has 1 heterocycles. The van der Waals surface area contributed by atoms with Crippen molar-refractivity contribution in [3.63, 3.8) is 0 Å². The number of hydrogen-bond acceptors (Lipinski definition) is 5. The molecule has 18 heavy (non-hydrogen) atoms. The number of nitro benzene ring substituents is 1. The maximum absolute atomic E-state index is 10.9. The number of likely N-dealkylation sites (N-methyl/N-ethyl adjacent to an activating group) is 1. The lowest BCUT2D eigenvalue weighted by Gasteiger charge is -2.08. The molecule has 0 saturated carbocycles. The van der Waals surface area contributed by atoms with Crippen LogP contribution in [0.25, 0.3) is 10.8 Å². The lowest BCUT2D eigenvalue weighted by atomic mass is 10.1. The van der Waals surface area contributed by atoms with Gasteiger partial charge >= 0.3 is 0 Å². The van der Waals surface area contributed by atoms with Crippen molar-refractivity contribution < 1.29 is 9.66 Å². The van der Waals surface area contributed by atoms with Gasteiger partial charge in [0, 0.05) is 30.4 Å². The van der Waals surface area contributed by atoms with Crippen molar-refractivity contribution in [3.05, 3.63) is 40.7 Å². The first-order valence-electron chi connectivity index (χ1n) is 5.52. The van der Waals surface area contributed by atoms with Crippen LogP contribution >= 0.6 is 0 Å². The number of non-ortho nitro benzene ring substituents is 1. The molecule has 0 aliphatic heterocycles. The molecule has 0 saturated heterocycles. The summed E-state index contributed by atoms with van der Waals surface area (Å²) >= 11 is 0. The van der Waals surface area contributed by atoms with Crippen LogP contribution in [-0.2, 0) is 0 Å². The van der Waals surface area contributed by atoms with Gasteiger partial charge in [-0.1, -0.05) is 0 Å². The van der Waals surface area contributed by atoms with E-state index in [1.54, 1.807) is 18.3 Å². The summed E-state index contributed by atoms with van der Waals surface area (Å²) in [5.41, 5.74) is 0.0633. The van der Waals surface area contributed by atoms with Gasteiger partial charge in [0.1, 0.15) is 12.4 Å². The Balaban J connectivity index is 2.44. The first-order chi connectivity index (χ1) is 8.74. The Bertz CT molecular complexity index is 571. The van der Waals surface area contributed by atoms with Crippen molar-refractivity contribution in [2.75, 3.05) is 20.2 Å². The van der Waals surface area contributed by atoms with Crippen LogP contribution in [0.4, 0.5) is 5.69 Å². The molecule has 0 fully saturated rings. The number of rotatable bonds is 5. The van der Waals surface area contributed by atoms with Crippen molar-refractivity contribution in [2.45, 2.75) is 0 Å². The van der Waals surface area contributed by atoms with Crippen LogP contribution in [0.3, 0.4) is 0 Å². The molecular weight excluding hydrogens is 234 g/mol. The molecule has 2 rings (SSSR count). The minimum Gasteiger partial charge on any atom is -0.492 e. The number of fused-ring (bicyclic) bond motifs is 1. The molecule has 0 spiro atoms. The molecule has 1 aromatic carbocycles. The highest BCUT2D eigenvalue weighted by Crippen LogP contribution is 2.31. The molecule has 0 aliphatic carbocycles. The summed E-state index contributed by atoms with van der Waals surface area (Å²) in [5.74, 6) is 0.610. The number of ether oxygens (including phenoxy) is 1. The van der Waals surface area contributed by atoms with Crippen LogP contribution in [0.5, 0.6) is 5.75 Å². The van der Waals surface area contributed by atoms with Crippen LogP contribution in [-0.4, -0.2) is 30.1 Å². The zero-order valence-corrected chi connectivity index (χ0v) is 9.92. The van der Waals surface area contributed by atoms with E-state index in [4.69, 9.17) is 4.74 Å². The molecule has 0 amide bonds. The second-order valence-corrected chi connectivity index (χ2v) is 3.71. The van der Waals surface area contributed by atoms with Gasteiger partial charge in [-0.25, -0.2) is 0 Å². The maximum atomic E-state index is 10.9. The molecule has 1 aromatic heterocycles. The quantitative estimate of drug-likeness (QED) is 0.494. The third kappa shape index (κ3) is 2.38. The van der Waals surface area contributed by atoms with E-state index in [1.165, 1.54) is 12.3 Å². The largest absolute Gasteiger partial charge is 0.492 e. The Morgan fingerprint density at radius 2 is 2.22 bits per heavy atom. The zero-order valence-electron chi connectivity index (χ0n) is 9.92. The van der Waals surface area contributed by atoms with E-state index in [2.05, 4.69) is 10.3 Å². The van der Waals surface area contributed by atoms with Crippen molar-refractivity contribution in [3.8, 4) is 5.75 Å². The molecule has 94 valence electrons. The fourth-order valence-electron chi connectivity index (χ4n) is 1.70. The van der Waals surface area contributed by atoms with Crippen molar-refractivity contribution in [1.29, 1.82) is 0 Å². The minimum absolute atomic E-state index is 0.0633. The summed E-state index contributed by atoms with van der Waals surface area (Å²) in [4.78, 5) is 14.5. The van der Waals surface area contributed by atoms with Crippen LogP contribution in [0.2, 0.25) is 0 Å². The van der Waals surface area contributed by atoms with Crippen LogP contribution in [0, 0.1) is 10.1 Å². The molecule has 1 N–H and O–H groups in total. The highest BCUT2D eigenvalue weighted by molar-refractivity contribution is 5.94. The van der Waals surface area contributed by atoms with E-state index < -0.39 is 4.92 Å². The molecule has 0 atom stereocenters. The number of benzene rings is 1. The van der Waals surface area contributed by atoms with Gasteiger partial charge in [0.25, 0.3) is 5.69 Å². The molecule has 0 bridgehead atoms. The van der Waals surface area contributed by atoms with E-state index >= 15 is 0 Å². The number of nitrogens with zero attached hydrogens (tertiary/aromatic N) is 2. The molecule has 0 unspecified atom stereocenters. The van der Waals surface area contributed by atoms with Gasteiger partial charge in [0.05, 0.1) is 10.3 Å². The average molecular weight is 247 g/mol. The highest BCUT2D eigenvalue weighted by atomic mass is 16.6. The van der Waals surface area contributed by atoms with Crippen LogP contribution in [0.1, 0.15) is 0 Å². The number of pyridine rings is 1. The second kappa shape index (κ2) is 5.42. The molecular formula is C12H13N3O3. The summed E-state index contributed by atoms with van der Waals surface area (Å²) in [6, 6.07) is 4.69. The van der Waals surface area contributed by atoms with E-state index in [9.17, 15) is 10.1 Å². The van der Waals surface area contributed by atoms with E-state index in [-0.39, 0.29) is 5.69 Å². The summed E-state index contributed by atoms with van der Waals surface area (Å²) in [6.45, 7) is 1.21. The van der Waals surface area contributed by atoms with Gasteiger partial charge in [-0.2, -0.15) is 0 Å². The number of aromatic nitrogens is 1. The third-order valence-electron chi connectivity index (χ3n) is 2.56. The summed E-state index contributed by atoms with van der Waals surface area (Å²) in [5, 5.41) is 15.1. The van der Waals surface area contributed by atoms with Gasteiger partial charge in [-0.05, 0) is 19.2 Å². The van der Waals surface area contributed by atoms with E-state index in [1.807, 2.05) is 7.05 Å². The van der Waals surface area contributed by atoms with Crippen LogP contribution in [0.15, 0.2) is 30.6 Å². The van der Waals surface area contributed by atoms with Crippen molar-refractivity contribution in [2.24, 2.45) is 0 Å². The monoisotopic (exact) mass is 247 g/mol. The Morgan fingerprint density at radius 1 is 1.39 bits per heavy atom. The molecule has 6 nitrogen and oxygen atoms in total. The topological polar surface area (TPSA) is 77.3 Å². The summed E-state index contributed by atoms with van der Waals surface area (Å²) < 4.78 is 5.57. The molecule has 6 heteroatoms. The predicted molar refractivity (Wildman–Crippen MR) is 67.8 cm³/mol. The van der Waals surface area contributed by atoms with Crippen molar-refractivity contribution in [1.82, 2.24) is 10.3 Å². The minimum atomic E-state index is -0.403. The van der Waals surface area contributed by atoms with Crippen molar-refractivity contribution >= 4 is 16.5 Å². The maximum Gasteiger partial charge on any atom is 0.277 e. The van der Waals surface area contributed by atoms with Gasteiger partial charge in [0.2, 0.25) is 0 Å². The normalized spacial score (nSPS) is 10.5. The third-order valence-corrected chi connectivity index (χ3v) is 2.56. The van der Waals surface area contributed by atoms with Gasteiger partial charge < -0.3 is 10.1 Å². The Morgan fingerprint density at radius 3 is 2.94 bits per heavy atom. The summed E-state index contributed by atoms with van der Waals surface area (Å²) in [7, 11) is 1.83. The Labute approximate surface area is 104 Å². The van der Waals surface area contributed by atoms with Gasteiger partial charge in [-0.15, -0.1) is 0 Å². The standard InChI is InChI=1S/C12H13N3O3/c1-13-6-7-18-12-3-2-11(15(16)17)9-4-5-14-8-10(9)12/h2-5,8,13H,6-7H2,1H3. The highest BCUT2D eigenvalue weighted by Gasteiger charge is 2.14. The SMILES string of the molecule is CNCCOc1ccc([N+](=O)[O-])c2ccncc12. The lowest BCUT2D eigenvalue weighted by Crippen LogP contribution is -2.16. The van der Waals surface area contributed by atoms with Gasteiger partial charge in [-0.3, -0.25) is 15.1 Å². The van der Waals surface area contributed by atoms with E-state index in [0.29, 0.717) is 29.7 Å². The molecule has 2 aromatic rings. The fourth-order valence-corrected chi connectivity index (χ4v) is 1.70. The zero-order chi connectivity index (χ0) is 13.0. The first kappa shape index (κ1) is 12.3. The van der Waals surface area contributed by atoms with E-state index in [0.717, 1.165) is 0 Å². The lowest BCUT2D eigenvalue weighted by molar-refractivity contribution is -0.383. The average Bonchev–Trinajstić information content (AvgIpc) is 2.38. The number of nitro groups is 1. The molecule has 0 radical (unpaired) electrons. The Kier molecular flexibility index (Phi) is 3.69. The predicted octanol–water partition coefficient (Wildman–Crippen LogP) is 1.74. The summed E-state index contributed by atoms with van der Waals surface area (Å²) in [6.07, 6.45) is 3.11. The van der Waals surface area contributed by atoms with Gasteiger partial charge in [0.15, 0.2) is 0 Å². The number of nitrogens with one attached hydrogen (secondary N) is 1. The Hall–Kier alpha value is -2.21.